The SMILES string of the molecule is CC(C)(C)c1cn(C[C@H]2OC[C@H](O)[C@H]2NCc2cccc(Cl)c2)nn1. The summed E-state index contributed by atoms with van der Waals surface area (Å²) in [4.78, 5) is 0. The van der Waals surface area contributed by atoms with Crippen LogP contribution in [0.3, 0.4) is 0 Å². The molecule has 136 valence electrons. The Bertz CT molecular complexity index is 713. The minimum atomic E-state index is -0.546. The summed E-state index contributed by atoms with van der Waals surface area (Å²) in [5, 5.41) is 22.8. The molecule has 0 aliphatic carbocycles. The zero-order valence-electron chi connectivity index (χ0n) is 14.8. The smallest absolute Gasteiger partial charge is 0.0952 e. The molecule has 2 aromatic rings. The molecular weight excluding hydrogens is 340 g/mol. The van der Waals surface area contributed by atoms with E-state index in [-0.39, 0.29) is 17.6 Å². The lowest BCUT2D eigenvalue weighted by Crippen LogP contribution is -2.45. The zero-order chi connectivity index (χ0) is 18.0. The van der Waals surface area contributed by atoms with Gasteiger partial charge in [0.25, 0.3) is 0 Å². The lowest BCUT2D eigenvalue weighted by molar-refractivity contribution is 0.0741. The van der Waals surface area contributed by atoms with Gasteiger partial charge in [-0.2, -0.15) is 0 Å². The largest absolute Gasteiger partial charge is 0.389 e. The number of nitrogens with one attached hydrogen (secondary N) is 1. The molecular formula is C18H25ClN4O2. The first kappa shape index (κ1) is 18.3. The second-order valence-electron chi connectivity index (χ2n) is 7.55. The van der Waals surface area contributed by atoms with Crippen LogP contribution in [0.5, 0.6) is 0 Å². The van der Waals surface area contributed by atoms with Crippen LogP contribution in [-0.2, 0) is 23.2 Å². The summed E-state index contributed by atoms with van der Waals surface area (Å²) in [5.74, 6) is 0. The highest BCUT2D eigenvalue weighted by molar-refractivity contribution is 6.30. The number of aliphatic hydroxyl groups is 1. The normalized spacial score (nSPS) is 24.0. The van der Waals surface area contributed by atoms with Crippen molar-refractivity contribution in [1.29, 1.82) is 0 Å². The van der Waals surface area contributed by atoms with Gasteiger partial charge in [0.15, 0.2) is 0 Å². The maximum Gasteiger partial charge on any atom is 0.0952 e. The van der Waals surface area contributed by atoms with Crippen molar-refractivity contribution in [2.45, 2.75) is 57.5 Å². The molecule has 1 aliphatic heterocycles. The summed E-state index contributed by atoms with van der Waals surface area (Å²) in [6.07, 6.45) is 1.24. The van der Waals surface area contributed by atoms with Crippen molar-refractivity contribution in [3.05, 3.63) is 46.7 Å². The second kappa shape index (κ2) is 7.41. The molecule has 25 heavy (non-hydrogen) atoms. The Morgan fingerprint density at radius 3 is 2.88 bits per heavy atom. The number of nitrogens with zero attached hydrogens (tertiary/aromatic N) is 3. The molecule has 3 rings (SSSR count). The fourth-order valence-corrected chi connectivity index (χ4v) is 3.12. The van der Waals surface area contributed by atoms with Crippen molar-refractivity contribution < 1.29 is 9.84 Å². The van der Waals surface area contributed by atoms with Gasteiger partial charge in [0.2, 0.25) is 0 Å². The van der Waals surface area contributed by atoms with E-state index in [0.717, 1.165) is 11.3 Å². The Morgan fingerprint density at radius 2 is 2.20 bits per heavy atom. The predicted octanol–water partition coefficient (Wildman–Crippen LogP) is 2.15. The standard InChI is InChI=1S/C18H25ClN4O2/c1-18(2,3)16-10-23(22-21-16)9-15-17(14(24)11-25-15)20-8-12-5-4-6-13(19)7-12/h4-7,10,14-15,17,20,24H,8-9,11H2,1-3H3/t14-,15+,17+/m0/s1. The maximum absolute atomic E-state index is 10.2. The highest BCUT2D eigenvalue weighted by Crippen LogP contribution is 2.21. The van der Waals surface area contributed by atoms with E-state index in [1.165, 1.54) is 0 Å². The molecule has 0 saturated carbocycles. The molecule has 2 N–H and O–H groups in total. The van der Waals surface area contributed by atoms with Crippen LogP contribution < -0.4 is 5.32 Å². The first-order valence-electron chi connectivity index (χ1n) is 8.51. The summed E-state index contributed by atoms with van der Waals surface area (Å²) < 4.78 is 7.55. The second-order valence-corrected chi connectivity index (χ2v) is 7.99. The number of aromatic nitrogens is 3. The molecule has 1 aromatic heterocycles. The van der Waals surface area contributed by atoms with Gasteiger partial charge in [-0.3, -0.25) is 0 Å². The average Bonchev–Trinajstić information content (AvgIpc) is 3.13. The van der Waals surface area contributed by atoms with Crippen LogP contribution in [0.15, 0.2) is 30.5 Å². The molecule has 0 bridgehead atoms. The molecule has 1 aromatic carbocycles. The van der Waals surface area contributed by atoms with Gasteiger partial charge in [-0.15, -0.1) is 5.10 Å². The Balaban J connectivity index is 1.63. The quantitative estimate of drug-likeness (QED) is 0.850. The Labute approximate surface area is 153 Å². The number of hydrogen-bond acceptors (Lipinski definition) is 5. The molecule has 0 radical (unpaired) electrons. The summed E-state index contributed by atoms with van der Waals surface area (Å²) in [5.41, 5.74) is 1.97. The highest BCUT2D eigenvalue weighted by atomic mass is 35.5. The number of benzene rings is 1. The van der Waals surface area contributed by atoms with E-state index in [2.05, 4.69) is 36.4 Å². The van der Waals surface area contributed by atoms with Crippen molar-refractivity contribution >= 4 is 11.6 Å². The first-order valence-corrected chi connectivity index (χ1v) is 8.89. The van der Waals surface area contributed by atoms with Crippen molar-refractivity contribution in [1.82, 2.24) is 20.3 Å². The minimum Gasteiger partial charge on any atom is -0.389 e. The Hall–Kier alpha value is -1.47. The van der Waals surface area contributed by atoms with Crippen LogP contribution >= 0.6 is 11.6 Å². The van der Waals surface area contributed by atoms with E-state index in [9.17, 15) is 5.11 Å². The molecule has 0 amide bonds. The van der Waals surface area contributed by atoms with Gasteiger partial charge in [-0.1, -0.05) is 49.7 Å². The molecule has 6 nitrogen and oxygen atoms in total. The van der Waals surface area contributed by atoms with Crippen molar-refractivity contribution in [3.63, 3.8) is 0 Å². The van der Waals surface area contributed by atoms with Crippen LogP contribution in [0.25, 0.3) is 0 Å². The van der Waals surface area contributed by atoms with Gasteiger partial charge in [-0.05, 0) is 17.7 Å². The molecule has 1 aliphatic rings. The van der Waals surface area contributed by atoms with E-state index in [1.807, 2.05) is 30.5 Å². The minimum absolute atomic E-state index is 0.0431. The monoisotopic (exact) mass is 364 g/mol. The summed E-state index contributed by atoms with van der Waals surface area (Å²) in [6.45, 7) is 7.80. The predicted molar refractivity (Wildman–Crippen MR) is 96.5 cm³/mol. The van der Waals surface area contributed by atoms with Crippen LogP contribution in [0, 0.1) is 0 Å². The first-order chi connectivity index (χ1) is 11.8. The summed E-state index contributed by atoms with van der Waals surface area (Å²) >= 11 is 6.02. The van der Waals surface area contributed by atoms with Crippen LogP contribution in [-0.4, -0.2) is 45.0 Å². The van der Waals surface area contributed by atoms with Gasteiger partial charge >= 0.3 is 0 Å². The van der Waals surface area contributed by atoms with Crippen LogP contribution in [0.2, 0.25) is 5.02 Å². The lowest BCUT2D eigenvalue weighted by Gasteiger charge is -2.22. The maximum atomic E-state index is 10.2. The van der Waals surface area contributed by atoms with Crippen LogP contribution in [0.4, 0.5) is 0 Å². The van der Waals surface area contributed by atoms with Gasteiger partial charge in [0.1, 0.15) is 0 Å². The highest BCUT2D eigenvalue weighted by Gasteiger charge is 2.36. The fourth-order valence-electron chi connectivity index (χ4n) is 2.91. The van der Waals surface area contributed by atoms with Crippen molar-refractivity contribution in [3.8, 4) is 0 Å². The third-order valence-corrected chi connectivity index (χ3v) is 4.64. The lowest BCUT2D eigenvalue weighted by atomic mass is 9.93. The van der Waals surface area contributed by atoms with Gasteiger partial charge in [0, 0.05) is 23.2 Å². The third kappa shape index (κ3) is 4.58. The number of aliphatic hydroxyl groups excluding tert-OH is 1. The van der Waals surface area contributed by atoms with Gasteiger partial charge in [-0.25, -0.2) is 4.68 Å². The third-order valence-electron chi connectivity index (χ3n) is 4.40. The van der Waals surface area contributed by atoms with Crippen molar-refractivity contribution in [2.75, 3.05) is 6.61 Å². The molecule has 2 heterocycles. The van der Waals surface area contributed by atoms with Gasteiger partial charge < -0.3 is 15.2 Å². The zero-order valence-corrected chi connectivity index (χ0v) is 15.6. The van der Waals surface area contributed by atoms with E-state index in [4.69, 9.17) is 16.3 Å². The summed E-state index contributed by atoms with van der Waals surface area (Å²) in [7, 11) is 0. The van der Waals surface area contributed by atoms with Gasteiger partial charge in [0.05, 0.1) is 37.1 Å². The number of ether oxygens (including phenoxy) is 1. The molecule has 3 atom stereocenters. The summed E-state index contributed by atoms with van der Waals surface area (Å²) in [6, 6.07) is 7.52. The average molecular weight is 365 g/mol. The molecule has 1 saturated heterocycles. The van der Waals surface area contributed by atoms with E-state index in [1.54, 1.807) is 4.68 Å². The fraction of sp³-hybridized carbons (Fsp3) is 0.556. The Kier molecular flexibility index (Phi) is 5.43. The van der Waals surface area contributed by atoms with Crippen molar-refractivity contribution in [2.24, 2.45) is 0 Å². The number of rotatable bonds is 5. The van der Waals surface area contributed by atoms with E-state index < -0.39 is 6.10 Å². The van der Waals surface area contributed by atoms with E-state index in [0.29, 0.717) is 24.7 Å². The topological polar surface area (TPSA) is 72.2 Å². The molecule has 0 spiro atoms. The Morgan fingerprint density at radius 1 is 1.40 bits per heavy atom. The van der Waals surface area contributed by atoms with E-state index >= 15 is 0 Å². The number of hydrogen-bond donors (Lipinski definition) is 2. The molecule has 0 unspecified atom stereocenters. The number of halogens is 1. The molecule has 1 fully saturated rings. The molecule has 7 heteroatoms. The van der Waals surface area contributed by atoms with Crippen LogP contribution in [0.1, 0.15) is 32.0 Å².